The van der Waals surface area contributed by atoms with E-state index in [1.807, 2.05) is 0 Å². The summed E-state index contributed by atoms with van der Waals surface area (Å²) in [6, 6.07) is 8.40. The highest BCUT2D eigenvalue weighted by atomic mass is 16.2. The van der Waals surface area contributed by atoms with Crippen LogP contribution in [0.5, 0.6) is 0 Å². The quantitative estimate of drug-likeness (QED) is 0.437. The van der Waals surface area contributed by atoms with Gasteiger partial charge in [-0.1, -0.05) is 76.5 Å². The highest BCUT2D eigenvalue weighted by Gasteiger charge is 2.21. The van der Waals surface area contributed by atoms with Crippen molar-refractivity contribution in [3.05, 3.63) is 41.1 Å². The standard InChI is InChI=1S/C26H38N2O/c1-3-4-5-6-7-8-9-10-11-16-26(29)28-19-17-23-21(2)22-14-12-13-15-24(22)27-25(23)18-20-28/h12-15H,3-11,16-20H2,1-2H3. The van der Waals surface area contributed by atoms with Gasteiger partial charge >= 0.3 is 0 Å². The predicted molar refractivity (Wildman–Crippen MR) is 122 cm³/mol. The van der Waals surface area contributed by atoms with Crippen molar-refractivity contribution in [2.45, 2.75) is 90.9 Å². The van der Waals surface area contributed by atoms with Crippen LogP contribution in [0, 0.1) is 6.92 Å². The molecule has 3 nitrogen and oxygen atoms in total. The van der Waals surface area contributed by atoms with E-state index in [4.69, 9.17) is 4.98 Å². The number of para-hydroxylation sites is 1. The van der Waals surface area contributed by atoms with Gasteiger partial charge in [0, 0.05) is 37.0 Å². The van der Waals surface area contributed by atoms with Gasteiger partial charge in [-0.3, -0.25) is 9.78 Å². The molecular weight excluding hydrogens is 356 g/mol. The number of hydrogen-bond acceptors (Lipinski definition) is 2. The smallest absolute Gasteiger partial charge is 0.222 e. The molecule has 0 atom stereocenters. The summed E-state index contributed by atoms with van der Waals surface area (Å²) < 4.78 is 0. The Bertz CT molecular complexity index is 799. The topological polar surface area (TPSA) is 33.2 Å². The van der Waals surface area contributed by atoms with Crippen LogP contribution in [-0.2, 0) is 17.6 Å². The van der Waals surface area contributed by atoms with Crippen LogP contribution in [-0.4, -0.2) is 28.9 Å². The molecule has 0 aliphatic carbocycles. The van der Waals surface area contributed by atoms with Crippen LogP contribution in [0.15, 0.2) is 24.3 Å². The molecule has 0 saturated heterocycles. The molecular formula is C26H38N2O. The average Bonchev–Trinajstić information content (AvgIpc) is 2.95. The fourth-order valence-electron chi connectivity index (χ4n) is 4.61. The molecule has 0 radical (unpaired) electrons. The van der Waals surface area contributed by atoms with Crippen LogP contribution in [0.2, 0.25) is 0 Å². The van der Waals surface area contributed by atoms with E-state index >= 15 is 0 Å². The van der Waals surface area contributed by atoms with Gasteiger partial charge in [-0.25, -0.2) is 0 Å². The summed E-state index contributed by atoms with van der Waals surface area (Å²) in [7, 11) is 0. The summed E-state index contributed by atoms with van der Waals surface area (Å²) in [4.78, 5) is 19.7. The number of nitrogens with zero attached hydrogens (tertiary/aromatic N) is 2. The molecule has 0 spiro atoms. The molecule has 0 fully saturated rings. The molecule has 0 unspecified atom stereocenters. The molecule has 0 bridgehead atoms. The van der Waals surface area contributed by atoms with Crippen LogP contribution >= 0.6 is 0 Å². The van der Waals surface area contributed by atoms with Gasteiger partial charge in [0.1, 0.15) is 0 Å². The molecule has 1 aliphatic rings. The molecule has 1 aromatic carbocycles. The number of amides is 1. The van der Waals surface area contributed by atoms with Crippen molar-refractivity contribution in [3.8, 4) is 0 Å². The Morgan fingerprint density at radius 2 is 1.59 bits per heavy atom. The molecule has 29 heavy (non-hydrogen) atoms. The summed E-state index contributed by atoms with van der Waals surface area (Å²) in [5, 5.41) is 1.25. The first kappa shape index (κ1) is 21.8. The Morgan fingerprint density at radius 3 is 2.34 bits per heavy atom. The van der Waals surface area contributed by atoms with E-state index in [1.54, 1.807) is 0 Å². The number of unbranched alkanes of at least 4 members (excludes halogenated alkanes) is 8. The van der Waals surface area contributed by atoms with Gasteiger partial charge in [0.2, 0.25) is 5.91 Å². The minimum Gasteiger partial charge on any atom is -0.342 e. The van der Waals surface area contributed by atoms with Crippen molar-refractivity contribution < 1.29 is 4.79 Å². The Hall–Kier alpha value is -1.90. The second kappa shape index (κ2) is 11.3. The molecule has 2 heterocycles. The lowest BCUT2D eigenvalue weighted by Crippen LogP contribution is -2.33. The number of aryl methyl sites for hydroxylation is 1. The number of carbonyl (C=O) groups excluding carboxylic acids is 1. The van der Waals surface area contributed by atoms with Gasteiger partial charge in [0.15, 0.2) is 0 Å². The molecule has 1 aliphatic heterocycles. The summed E-state index contributed by atoms with van der Waals surface area (Å²) in [6.07, 6.45) is 14.2. The van der Waals surface area contributed by atoms with Crippen molar-refractivity contribution >= 4 is 16.8 Å². The fourth-order valence-corrected chi connectivity index (χ4v) is 4.61. The Kier molecular flexibility index (Phi) is 8.52. The van der Waals surface area contributed by atoms with Gasteiger partial charge in [0.05, 0.1) is 5.52 Å². The zero-order chi connectivity index (χ0) is 20.5. The SMILES string of the molecule is CCCCCCCCCCCC(=O)N1CCc2nc3ccccc3c(C)c2CC1. The zero-order valence-corrected chi connectivity index (χ0v) is 18.5. The second-order valence-corrected chi connectivity index (χ2v) is 8.64. The number of rotatable bonds is 10. The fraction of sp³-hybridized carbons (Fsp3) is 0.615. The zero-order valence-electron chi connectivity index (χ0n) is 18.5. The van der Waals surface area contributed by atoms with Gasteiger partial charge in [0.25, 0.3) is 0 Å². The maximum absolute atomic E-state index is 12.7. The van der Waals surface area contributed by atoms with E-state index < -0.39 is 0 Å². The lowest BCUT2D eigenvalue weighted by atomic mass is 9.99. The third-order valence-electron chi connectivity index (χ3n) is 6.46. The molecule has 2 aromatic rings. The van der Waals surface area contributed by atoms with Crippen molar-refractivity contribution in [3.63, 3.8) is 0 Å². The molecule has 0 saturated carbocycles. The monoisotopic (exact) mass is 394 g/mol. The predicted octanol–water partition coefficient (Wildman–Crippen LogP) is 6.39. The summed E-state index contributed by atoms with van der Waals surface area (Å²) in [6.45, 7) is 6.13. The number of benzene rings is 1. The minimum absolute atomic E-state index is 0.336. The molecule has 1 aromatic heterocycles. The normalized spacial score (nSPS) is 14.1. The molecule has 1 amide bonds. The first-order valence-electron chi connectivity index (χ1n) is 11.9. The van der Waals surface area contributed by atoms with Gasteiger partial charge in [-0.05, 0) is 37.0 Å². The number of hydrogen-bond donors (Lipinski definition) is 0. The average molecular weight is 395 g/mol. The van der Waals surface area contributed by atoms with Crippen molar-refractivity contribution in [2.75, 3.05) is 13.1 Å². The molecule has 3 rings (SSSR count). The Labute approximate surface area is 176 Å². The van der Waals surface area contributed by atoms with E-state index in [9.17, 15) is 4.79 Å². The van der Waals surface area contributed by atoms with Crippen LogP contribution in [0.3, 0.4) is 0 Å². The summed E-state index contributed by atoms with van der Waals surface area (Å²) >= 11 is 0. The van der Waals surface area contributed by atoms with Crippen LogP contribution in [0.25, 0.3) is 10.9 Å². The molecule has 0 N–H and O–H groups in total. The minimum atomic E-state index is 0.336. The molecule has 158 valence electrons. The third-order valence-corrected chi connectivity index (χ3v) is 6.46. The van der Waals surface area contributed by atoms with Crippen molar-refractivity contribution in [1.29, 1.82) is 0 Å². The van der Waals surface area contributed by atoms with E-state index in [1.165, 1.54) is 73.6 Å². The number of aromatic nitrogens is 1. The van der Waals surface area contributed by atoms with Crippen molar-refractivity contribution in [2.24, 2.45) is 0 Å². The Morgan fingerprint density at radius 1 is 0.931 bits per heavy atom. The van der Waals surface area contributed by atoms with Crippen molar-refractivity contribution in [1.82, 2.24) is 9.88 Å². The van der Waals surface area contributed by atoms with E-state index in [0.717, 1.165) is 37.9 Å². The van der Waals surface area contributed by atoms with E-state index in [2.05, 4.69) is 43.0 Å². The maximum Gasteiger partial charge on any atom is 0.222 e. The lowest BCUT2D eigenvalue weighted by Gasteiger charge is -2.20. The third kappa shape index (κ3) is 6.04. The van der Waals surface area contributed by atoms with Crippen LogP contribution in [0.1, 0.15) is 88.0 Å². The highest BCUT2D eigenvalue weighted by Crippen LogP contribution is 2.26. The second-order valence-electron chi connectivity index (χ2n) is 8.64. The van der Waals surface area contributed by atoms with E-state index in [0.29, 0.717) is 12.3 Å². The summed E-state index contributed by atoms with van der Waals surface area (Å²) in [5.74, 6) is 0.336. The maximum atomic E-state index is 12.7. The van der Waals surface area contributed by atoms with Gasteiger partial charge < -0.3 is 4.90 Å². The molecule has 3 heteroatoms. The summed E-state index contributed by atoms with van der Waals surface area (Å²) in [5.41, 5.74) is 4.98. The van der Waals surface area contributed by atoms with Gasteiger partial charge in [-0.2, -0.15) is 0 Å². The largest absolute Gasteiger partial charge is 0.342 e. The Balaban J connectivity index is 1.43. The number of fused-ring (bicyclic) bond motifs is 2. The number of carbonyl (C=O) groups is 1. The highest BCUT2D eigenvalue weighted by molar-refractivity contribution is 5.83. The van der Waals surface area contributed by atoms with E-state index in [-0.39, 0.29) is 0 Å². The van der Waals surface area contributed by atoms with Crippen LogP contribution in [0.4, 0.5) is 0 Å². The first-order valence-corrected chi connectivity index (χ1v) is 11.9. The van der Waals surface area contributed by atoms with Gasteiger partial charge in [-0.15, -0.1) is 0 Å². The first-order chi connectivity index (χ1) is 14.2. The van der Waals surface area contributed by atoms with Crippen LogP contribution < -0.4 is 0 Å². The number of pyridine rings is 1. The lowest BCUT2D eigenvalue weighted by molar-refractivity contribution is -0.131.